The van der Waals surface area contributed by atoms with Crippen molar-refractivity contribution in [3.05, 3.63) is 82.3 Å². The Labute approximate surface area is 164 Å². The number of carbonyl (C=O) groups excluding carboxylic acids is 1. The molecule has 1 aromatic heterocycles. The van der Waals surface area contributed by atoms with Crippen LogP contribution in [0.2, 0.25) is 10.0 Å². The van der Waals surface area contributed by atoms with E-state index >= 15 is 0 Å². The highest BCUT2D eigenvalue weighted by Crippen LogP contribution is 2.31. The number of nitrogens with one attached hydrogen (secondary N) is 1. The molecular formula is C20H12Cl2N2OS. The van der Waals surface area contributed by atoms with Gasteiger partial charge in [-0.3, -0.25) is 4.79 Å². The van der Waals surface area contributed by atoms with Crippen molar-refractivity contribution in [1.29, 1.82) is 0 Å². The number of hydrogen-bond donors (Lipinski definition) is 1. The molecule has 0 saturated carbocycles. The molecule has 4 rings (SSSR count). The average molecular weight is 399 g/mol. The van der Waals surface area contributed by atoms with Crippen LogP contribution in [0.4, 0.5) is 5.69 Å². The molecule has 1 amide bonds. The van der Waals surface area contributed by atoms with Gasteiger partial charge in [0.1, 0.15) is 5.01 Å². The van der Waals surface area contributed by atoms with Crippen LogP contribution in [0.5, 0.6) is 0 Å². The number of hydrogen-bond acceptors (Lipinski definition) is 3. The zero-order valence-corrected chi connectivity index (χ0v) is 15.7. The first-order chi connectivity index (χ1) is 12.6. The molecule has 1 N–H and O–H groups in total. The average Bonchev–Trinajstić information content (AvgIpc) is 3.08. The van der Waals surface area contributed by atoms with Gasteiger partial charge in [-0.05, 0) is 36.4 Å². The standard InChI is InChI=1S/C20H12Cl2N2OS/c21-15-8-4-7-14(18(15)22)19(25)23-13-6-3-5-12(11-13)20-24-16-9-1-2-10-17(16)26-20/h1-11H,(H,23,25). The number of nitrogens with zero attached hydrogens (tertiary/aromatic N) is 1. The lowest BCUT2D eigenvalue weighted by molar-refractivity contribution is 0.102. The molecule has 0 aliphatic heterocycles. The Hall–Kier alpha value is -2.40. The summed E-state index contributed by atoms with van der Waals surface area (Å²) in [5.74, 6) is -0.307. The van der Waals surface area contributed by atoms with Crippen LogP contribution in [-0.4, -0.2) is 10.9 Å². The first-order valence-electron chi connectivity index (χ1n) is 7.83. The van der Waals surface area contributed by atoms with Crippen LogP contribution < -0.4 is 5.32 Å². The van der Waals surface area contributed by atoms with Gasteiger partial charge in [0.15, 0.2) is 0 Å². The van der Waals surface area contributed by atoms with E-state index in [0.717, 1.165) is 20.8 Å². The number of fused-ring (bicyclic) bond motifs is 1. The van der Waals surface area contributed by atoms with Crippen molar-refractivity contribution in [2.45, 2.75) is 0 Å². The number of para-hydroxylation sites is 1. The Morgan fingerprint density at radius 1 is 0.962 bits per heavy atom. The number of benzene rings is 3. The summed E-state index contributed by atoms with van der Waals surface area (Å²) in [6, 6.07) is 20.6. The molecule has 0 atom stereocenters. The second-order valence-corrected chi connectivity index (χ2v) is 7.44. The number of carbonyl (C=O) groups is 1. The third kappa shape index (κ3) is 3.31. The maximum atomic E-state index is 12.5. The molecule has 128 valence electrons. The fraction of sp³-hybridized carbons (Fsp3) is 0. The van der Waals surface area contributed by atoms with E-state index < -0.39 is 0 Å². The van der Waals surface area contributed by atoms with Crippen LogP contribution in [-0.2, 0) is 0 Å². The van der Waals surface area contributed by atoms with Crippen molar-refractivity contribution >= 4 is 56.3 Å². The molecule has 4 aromatic rings. The van der Waals surface area contributed by atoms with E-state index in [1.807, 2.05) is 48.5 Å². The van der Waals surface area contributed by atoms with Crippen LogP contribution in [0.1, 0.15) is 10.4 Å². The molecular weight excluding hydrogens is 387 g/mol. The zero-order valence-electron chi connectivity index (χ0n) is 13.4. The van der Waals surface area contributed by atoms with Crippen molar-refractivity contribution in [1.82, 2.24) is 4.98 Å². The van der Waals surface area contributed by atoms with Crippen molar-refractivity contribution in [3.63, 3.8) is 0 Å². The summed E-state index contributed by atoms with van der Waals surface area (Å²) in [5, 5.41) is 4.36. The summed E-state index contributed by atoms with van der Waals surface area (Å²) >= 11 is 13.7. The predicted octanol–water partition coefficient (Wildman–Crippen LogP) is 6.52. The molecule has 0 bridgehead atoms. The summed E-state index contributed by atoms with van der Waals surface area (Å²) in [6.45, 7) is 0. The van der Waals surface area contributed by atoms with E-state index in [-0.39, 0.29) is 10.9 Å². The summed E-state index contributed by atoms with van der Waals surface area (Å²) in [4.78, 5) is 17.2. The van der Waals surface area contributed by atoms with Crippen LogP contribution in [0.25, 0.3) is 20.8 Å². The van der Waals surface area contributed by atoms with Crippen LogP contribution in [0.15, 0.2) is 66.7 Å². The molecule has 6 heteroatoms. The summed E-state index contributed by atoms with van der Waals surface area (Å²) in [7, 11) is 0. The van der Waals surface area contributed by atoms with E-state index in [4.69, 9.17) is 23.2 Å². The second kappa shape index (κ2) is 7.08. The van der Waals surface area contributed by atoms with Crippen molar-refractivity contribution in [3.8, 4) is 10.6 Å². The lowest BCUT2D eigenvalue weighted by Gasteiger charge is -2.08. The van der Waals surface area contributed by atoms with E-state index in [9.17, 15) is 4.79 Å². The Bertz CT molecular complexity index is 1090. The lowest BCUT2D eigenvalue weighted by Crippen LogP contribution is -2.12. The Morgan fingerprint density at radius 2 is 1.77 bits per heavy atom. The van der Waals surface area contributed by atoms with Crippen molar-refractivity contribution < 1.29 is 4.79 Å². The number of amides is 1. The monoisotopic (exact) mass is 398 g/mol. The molecule has 0 aliphatic rings. The van der Waals surface area contributed by atoms with Crippen LogP contribution >= 0.6 is 34.5 Å². The molecule has 3 nitrogen and oxygen atoms in total. The van der Waals surface area contributed by atoms with E-state index in [1.54, 1.807) is 29.5 Å². The first-order valence-corrected chi connectivity index (χ1v) is 9.40. The minimum atomic E-state index is -0.307. The van der Waals surface area contributed by atoms with Crippen molar-refractivity contribution in [2.24, 2.45) is 0 Å². The maximum absolute atomic E-state index is 12.5. The molecule has 1 heterocycles. The number of thiazole rings is 1. The minimum absolute atomic E-state index is 0.244. The summed E-state index contributed by atoms with van der Waals surface area (Å²) in [6.07, 6.45) is 0. The van der Waals surface area contributed by atoms with Gasteiger partial charge in [0.25, 0.3) is 5.91 Å². The fourth-order valence-electron chi connectivity index (χ4n) is 2.60. The van der Waals surface area contributed by atoms with Gasteiger partial charge < -0.3 is 5.32 Å². The minimum Gasteiger partial charge on any atom is -0.322 e. The molecule has 0 radical (unpaired) electrons. The normalized spacial score (nSPS) is 10.8. The highest BCUT2D eigenvalue weighted by molar-refractivity contribution is 7.21. The van der Waals surface area contributed by atoms with Gasteiger partial charge in [-0.2, -0.15) is 0 Å². The number of aromatic nitrogens is 1. The van der Waals surface area contributed by atoms with Gasteiger partial charge in [-0.25, -0.2) is 4.98 Å². The second-order valence-electron chi connectivity index (χ2n) is 5.62. The fourth-order valence-corrected chi connectivity index (χ4v) is 3.95. The number of rotatable bonds is 3. The molecule has 26 heavy (non-hydrogen) atoms. The van der Waals surface area contributed by atoms with Gasteiger partial charge in [0.05, 0.1) is 25.8 Å². The Balaban J connectivity index is 1.63. The SMILES string of the molecule is O=C(Nc1cccc(-c2nc3ccccc3s2)c1)c1cccc(Cl)c1Cl. The predicted molar refractivity (Wildman–Crippen MR) is 109 cm³/mol. The molecule has 0 fully saturated rings. The molecule has 0 unspecified atom stereocenters. The quantitative estimate of drug-likeness (QED) is 0.426. The van der Waals surface area contributed by atoms with Crippen molar-refractivity contribution in [2.75, 3.05) is 5.32 Å². The Kier molecular flexibility index (Phi) is 4.64. The third-order valence-electron chi connectivity index (χ3n) is 3.86. The smallest absolute Gasteiger partial charge is 0.257 e. The first kappa shape index (κ1) is 17.0. The van der Waals surface area contributed by atoms with E-state index in [0.29, 0.717) is 16.3 Å². The molecule has 0 spiro atoms. The summed E-state index contributed by atoms with van der Waals surface area (Å²) in [5.41, 5.74) is 2.92. The van der Waals surface area contributed by atoms with Gasteiger partial charge in [-0.1, -0.05) is 53.5 Å². The van der Waals surface area contributed by atoms with Gasteiger partial charge in [-0.15, -0.1) is 11.3 Å². The summed E-state index contributed by atoms with van der Waals surface area (Å²) < 4.78 is 1.13. The van der Waals surface area contributed by atoms with Gasteiger partial charge in [0.2, 0.25) is 0 Å². The van der Waals surface area contributed by atoms with Gasteiger partial charge in [0, 0.05) is 11.3 Å². The molecule has 0 aliphatic carbocycles. The highest BCUT2D eigenvalue weighted by atomic mass is 35.5. The zero-order chi connectivity index (χ0) is 18.1. The molecule has 3 aromatic carbocycles. The molecule has 0 saturated heterocycles. The van der Waals surface area contributed by atoms with Crippen LogP contribution in [0, 0.1) is 0 Å². The van der Waals surface area contributed by atoms with E-state index in [1.165, 1.54) is 0 Å². The van der Waals surface area contributed by atoms with Crippen LogP contribution in [0.3, 0.4) is 0 Å². The number of anilines is 1. The van der Waals surface area contributed by atoms with Gasteiger partial charge >= 0.3 is 0 Å². The maximum Gasteiger partial charge on any atom is 0.257 e. The third-order valence-corrected chi connectivity index (χ3v) is 5.76. The largest absolute Gasteiger partial charge is 0.322 e. The Morgan fingerprint density at radius 3 is 2.62 bits per heavy atom. The topological polar surface area (TPSA) is 42.0 Å². The van der Waals surface area contributed by atoms with E-state index in [2.05, 4.69) is 10.3 Å². The number of halogens is 2. The highest BCUT2D eigenvalue weighted by Gasteiger charge is 2.13. The lowest BCUT2D eigenvalue weighted by atomic mass is 10.1.